The molecule has 1 aliphatic rings. The Balaban J connectivity index is 2.36. The molecule has 0 bridgehead atoms. The van der Waals surface area contributed by atoms with Crippen molar-refractivity contribution in [3.63, 3.8) is 0 Å². The van der Waals surface area contributed by atoms with E-state index in [9.17, 15) is 10.1 Å². The third-order valence-corrected chi connectivity index (χ3v) is 4.68. The van der Waals surface area contributed by atoms with E-state index in [1.165, 1.54) is 11.3 Å². The molecule has 0 amide bonds. The molecule has 1 aromatic heterocycles. The molecule has 0 aromatic carbocycles. The molecule has 0 unspecified atom stereocenters. The molecule has 2 rings (SSSR count). The molecule has 1 saturated heterocycles. The number of hydrogen-bond acceptors (Lipinski definition) is 6. The van der Waals surface area contributed by atoms with Crippen LogP contribution in [0.3, 0.4) is 0 Å². The molecular formula is C10H8Cl4N4O2S. The van der Waals surface area contributed by atoms with Crippen LogP contribution >= 0.6 is 57.7 Å². The molecule has 11 heteroatoms. The van der Waals surface area contributed by atoms with Crippen LogP contribution in [0.15, 0.2) is 27.2 Å². The number of nitrogens with zero attached hydrogens (tertiary/aromatic N) is 3. The van der Waals surface area contributed by atoms with E-state index in [-0.39, 0.29) is 21.0 Å². The first kappa shape index (κ1) is 16.6. The van der Waals surface area contributed by atoms with Gasteiger partial charge in [-0.15, -0.1) is 11.3 Å². The second-order valence-corrected chi connectivity index (χ2v) is 6.98. The summed E-state index contributed by atoms with van der Waals surface area (Å²) in [5.74, 6) is 0.272. The quantitative estimate of drug-likeness (QED) is 0.629. The van der Waals surface area contributed by atoms with Crippen molar-refractivity contribution in [1.82, 2.24) is 15.2 Å². The number of hydrogen-bond donors (Lipinski definition) is 1. The van der Waals surface area contributed by atoms with Gasteiger partial charge in [0.2, 0.25) is 0 Å². The van der Waals surface area contributed by atoms with Gasteiger partial charge in [0.1, 0.15) is 4.49 Å². The Morgan fingerprint density at radius 3 is 2.76 bits per heavy atom. The standard InChI is InChI=1S/C10H8Cl4N4O2S/c11-6(8(12)13)7(18(19)20)9-15-1-2-17(9)4-5-3-16-10(14)21-5/h3,15H,1-2,4H2/b9-7+. The third kappa shape index (κ3) is 3.92. The van der Waals surface area contributed by atoms with Gasteiger partial charge in [0, 0.05) is 24.2 Å². The van der Waals surface area contributed by atoms with Crippen molar-refractivity contribution >= 4 is 57.7 Å². The van der Waals surface area contributed by atoms with Crippen LogP contribution in [-0.2, 0) is 6.54 Å². The predicted molar refractivity (Wildman–Crippen MR) is 84.1 cm³/mol. The van der Waals surface area contributed by atoms with Crippen LogP contribution in [-0.4, -0.2) is 27.9 Å². The van der Waals surface area contributed by atoms with Gasteiger partial charge in [0.05, 0.1) is 11.5 Å². The summed E-state index contributed by atoms with van der Waals surface area (Å²) in [6.45, 7) is 1.55. The highest BCUT2D eigenvalue weighted by atomic mass is 35.5. The summed E-state index contributed by atoms with van der Waals surface area (Å²) in [4.78, 5) is 17.2. The van der Waals surface area contributed by atoms with Crippen LogP contribution in [0.25, 0.3) is 0 Å². The normalized spacial score (nSPS) is 16.7. The molecule has 0 aliphatic carbocycles. The monoisotopic (exact) mass is 388 g/mol. The van der Waals surface area contributed by atoms with Crippen LogP contribution in [0, 0.1) is 10.1 Å². The van der Waals surface area contributed by atoms with Crippen LogP contribution < -0.4 is 5.32 Å². The summed E-state index contributed by atoms with van der Waals surface area (Å²) in [5.41, 5.74) is -0.357. The number of thiazole rings is 1. The average Bonchev–Trinajstić information content (AvgIpc) is 3.00. The van der Waals surface area contributed by atoms with E-state index in [0.29, 0.717) is 24.1 Å². The Labute approximate surface area is 144 Å². The van der Waals surface area contributed by atoms with Gasteiger partial charge in [0.15, 0.2) is 15.3 Å². The minimum absolute atomic E-state index is 0.272. The maximum Gasteiger partial charge on any atom is 0.330 e. The lowest BCUT2D eigenvalue weighted by molar-refractivity contribution is -0.422. The van der Waals surface area contributed by atoms with E-state index in [4.69, 9.17) is 46.4 Å². The van der Waals surface area contributed by atoms with Gasteiger partial charge >= 0.3 is 5.70 Å². The highest BCUT2D eigenvalue weighted by molar-refractivity contribution is 7.15. The molecular weight excluding hydrogens is 382 g/mol. The van der Waals surface area contributed by atoms with Crippen molar-refractivity contribution in [2.75, 3.05) is 13.1 Å². The Morgan fingerprint density at radius 1 is 1.52 bits per heavy atom. The Morgan fingerprint density at radius 2 is 2.24 bits per heavy atom. The zero-order chi connectivity index (χ0) is 15.6. The topological polar surface area (TPSA) is 71.3 Å². The van der Waals surface area contributed by atoms with Crippen molar-refractivity contribution in [2.45, 2.75) is 6.54 Å². The van der Waals surface area contributed by atoms with Crippen LogP contribution in [0.2, 0.25) is 4.47 Å². The van der Waals surface area contributed by atoms with Crippen molar-refractivity contribution in [3.8, 4) is 0 Å². The van der Waals surface area contributed by atoms with Gasteiger partial charge in [-0.2, -0.15) is 0 Å². The number of halogens is 4. The minimum atomic E-state index is -0.618. The molecule has 21 heavy (non-hydrogen) atoms. The number of aromatic nitrogens is 1. The molecule has 1 aromatic rings. The molecule has 2 heterocycles. The van der Waals surface area contributed by atoms with Gasteiger partial charge in [-0.1, -0.05) is 46.4 Å². The van der Waals surface area contributed by atoms with E-state index in [1.54, 1.807) is 11.1 Å². The molecule has 6 nitrogen and oxygen atoms in total. The van der Waals surface area contributed by atoms with E-state index < -0.39 is 4.92 Å². The van der Waals surface area contributed by atoms with Crippen LogP contribution in [0.4, 0.5) is 0 Å². The second kappa shape index (κ2) is 7.02. The highest BCUT2D eigenvalue weighted by Gasteiger charge is 2.32. The van der Waals surface area contributed by atoms with Crippen molar-refractivity contribution in [1.29, 1.82) is 0 Å². The maximum absolute atomic E-state index is 11.2. The average molecular weight is 390 g/mol. The second-order valence-electron chi connectivity index (χ2n) is 3.96. The van der Waals surface area contributed by atoms with Crippen LogP contribution in [0.5, 0.6) is 0 Å². The molecule has 0 atom stereocenters. The smallest absolute Gasteiger partial charge is 0.330 e. The van der Waals surface area contributed by atoms with E-state index in [2.05, 4.69) is 10.3 Å². The first-order valence-electron chi connectivity index (χ1n) is 5.59. The SMILES string of the molecule is O=[N+]([O-])/C(C(Cl)=C(Cl)Cl)=C1\NCCN1Cc1cnc(Cl)s1. The Kier molecular flexibility index (Phi) is 5.56. The van der Waals surface area contributed by atoms with E-state index in [1.807, 2.05) is 0 Å². The Hall–Kier alpha value is -0.730. The molecule has 0 spiro atoms. The zero-order valence-corrected chi connectivity index (χ0v) is 14.1. The van der Waals surface area contributed by atoms with Gasteiger partial charge in [-0.05, 0) is 0 Å². The lowest BCUT2D eigenvalue weighted by atomic mass is 10.4. The molecule has 114 valence electrons. The summed E-state index contributed by atoms with van der Waals surface area (Å²) in [7, 11) is 0. The van der Waals surface area contributed by atoms with Gasteiger partial charge in [0.25, 0.3) is 0 Å². The molecule has 1 fully saturated rings. The van der Waals surface area contributed by atoms with Gasteiger partial charge in [-0.3, -0.25) is 10.1 Å². The molecule has 0 radical (unpaired) electrons. The summed E-state index contributed by atoms with van der Waals surface area (Å²) >= 11 is 24.1. The van der Waals surface area contributed by atoms with Crippen molar-refractivity contribution in [2.24, 2.45) is 0 Å². The highest BCUT2D eigenvalue weighted by Crippen LogP contribution is 2.30. The summed E-state index contributed by atoms with van der Waals surface area (Å²) in [5, 5.41) is 13.9. The first-order valence-corrected chi connectivity index (χ1v) is 7.91. The predicted octanol–water partition coefficient (Wildman–Crippen LogP) is 3.53. The lowest BCUT2D eigenvalue weighted by Crippen LogP contribution is -2.23. The molecule has 1 N–H and O–H groups in total. The molecule has 0 saturated carbocycles. The van der Waals surface area contributed by atoms with Gasteiger partial charge in [-0.25, -0.2) is 4.98 Å². The minimum Gasteiger partial charge on any atom is -0.364 e. The van der Waals surface area contributed by atoms with Crippen molar-refractivity contribution in [3.05, 3.63) is 46.7 Å². The zero-order valence-electron chi connectivity index (χ0n) is 10.3. The van der Waals surface area contributed by atoms with Crippen LogP contribution in [0.1, 0.15) is 4.88 Å². The summed E-state index contributed by atoms with van der Waals surface area (Å²) in [6, 6.07) is 0. The van der Waals surface area contributed by atoms with Crippen molar-refractivity contribution < 1.29 is 4.92 Å². The van der Waals surface area contributed by atoms with E-state index in [0.717, 1.165) is 4.88 Å². The number of nitrogens with one attached hydrogen (secondary N) is 1. The fourth-order valence-electron chi connectivity index (χ4n) is 1.83. The molecule has 1 aliphatic heterocycles. The van der Waals surface area contributed by atoms with Gasteiger partial charge < -0.3 is 10.2 Å². The fourth-order valence-corrected chi connectivity index (χ4v) is 3.16. The van der Waals surface area contributed by atoms with E-state index >= 15 is 0 Å². The number of rotatable bonds is 4. The fraction of sp³-hybridized carbons (Fsp3) is 0.300. The third-order valence-electron chi connectivity index (χ3n) is 2.64. The first-order chi connectivity index (χ1) is 9.90. The largest absolute Gasteiger partial charge is 0.364 e. The lowest BCUT2D eigenvalue weighted by Gasteiger charge is -2.17. The Bertz CT molecular complexity index is 626. The summed E-state index contributed by atoms with van der Waals surface area (Å²) < 4.78 is 0.0595. The number of nitro groups is 1. The summed E-state index contributed by atoms with van der Waals surface area (Å²) in [6.07, 6.45) is 1.63. The number of allylic oxidation sites excluding steroid dienone is 1. The maximum atomic E-state index is 11.2.